The minimum atomic E-state index is -0.274. The maximum atomic E-state index is 13.6. The van der Waals surface area contributed by atoms with Crippen molar-refractivity contribution in [1.82, 2.24) is 14.8 Å². The molecule has 0 unspecified atom stereocenters. The Morgan fingerprint density at radius 3 is 2.86 bits per heavy atom. The van der Waals surface area contributed by atoms with Gasteiger partial charge in [0, 0.05) is 17.0 Å². The number of hydrogen-bond acceptors (Lipinski definition) is 7. The molecular weight excluding hydrogens is 476 g/mol. The molecule has 180 valence electrons. The smallest absolute Gasteiger partial charge is 0.261 e. The van der Waals surface area contributed by atoms with Crippen molar-refractivity contribution < 1.29 is 19.0 Å². The number of fused-ring (bicyclic) bond motifs is 2. The van der Waals surface area contributed by atoms with Crippen LogP contribution in [-0.4, -0.2) is 34.1 Å². The van der Waals surface area contributed by atoms with Crippen LogP contribution in [0.25, 0.3) is 27.2 Å². The summed E-state index contributed by atoms with van der Waals surface area (Å²) in [5.41, 5.74) is 2.94. The number of ether oxygens (including phenoxy) is 3. The van der Waals surface area contributed by atoms with E-state index >= 15 is 0 Å². The molecule has 0 saturated carbocycles. The van der Waals surface area contributed by atoms with Crippen LogP contribution in [0.1, 0.15) is 23.0 Å². The predicted octanol–water partition coefficient (Wildman–Crippen LogP) is 5.84. The van der Waals surface area contributed by atoms with E-state index in [9.17, 15) is 4.79 Å². The lowest BCUT2D eigenvalue weighted by atomic mass is 10.0. The zero-order valence-electron chi connectivity index (χ0n) is 19.6. The molecule has 0 saturated heterocycles. The number of thiazole rings is 1. The van der Waals surface area contributed by atoms with Crippen molar-refractivity contribution in [2.75, 3.05) is 18.7 Å². The molecule has 3 aromatic carbocycles. The summed E-state index contributed by atoms with van der Waals surface area (Å²) in [7, 11) is 0. The van der Waals surface area contributed by atoms with Gasteiger partial charge in [-0.05, 0) is 48.9 Å². The van der Waals surface area contributed by atoms with Gasteiger partial charge in [0.2, 0.25) is 11.9 Å². The van der Waals surface area contributed by atoms with Gasteiger partial charge >= 0.3 is 0 Å². The molecule has 0 fully saturated rings. The summed E-state index contributed by atoms with van der Waals surface area (Å²) >= 11 is 1.44. The highest BCUT2D eigenvalue weighted by Crippen LogP contribution is 2.37. The van der Waals surface area contributed by atoms with Crippen molar-refractivity contribution in [1.29, 1.82) is 0 Å². The van der Waals surface area contributed by atoms with E-state index < -0.39 is 0 Å². The van der Waals surface area contributed by atoms with Crippen LogP contribution in [0.2, 0.25) is 0 Å². The van der Waals surface area contributed by atoms with Crippen LogP contribution >= 0.6 is 11.3 Å². The number of benzene rings is 3. The molecule has 1 aliphatic rings. The van der Waals surface area contributed by atoms with Crippen molar-refractivity contribution >= 4 is 33.8 Å². The zero-order chi connectivity index (χ0) is 24.6. The lowest BCUT2D eigenvalue weighted by Crippen LogP contribution is -2.17. The van der Waals surface area contributed by atoms with Gasteiger partial charge in [0.25, 0.3) is 5.91 Å². The largest absolute Gasteiger partial charge is 0.493 e. The van der Waals surface area contributed by atoms with Crippen LogP contribution in [0.15, 0.2) is 66.0 Å². The van der Waals surface area contributed by atoms with Gasteiger partial charge in [-0.1, -0.05) is 30.3 Å². The number of rotatable bonds is 6. The van der Waals surface area contributed by atoms with Crippen molar-refractivity contribution in [3.8, 4) is 33.6 Å². The molecule has 1 amide bonds. The first kappa shape index (κ1) is 22.1. The van der Waals surface area contributed by atoms with E-state index in [1.54, 1.807) is 4.68 Å². The average molecular weight is 499 g/mol. The van der Waals surface area contributed by atoms with Crippen molar-refractivity contribution in [3.05, 3.63) is 77.3 Å². The lowest BCUT2D eigenvalue weighted by Gasteiger charge is -2.14. The molecule has 0 bridgehead atoms. The summed E-state index contributed by atoms with van der Waals surface area (Å²) in [6, 6.07) is 19.1. The number of aromatic nitrogens is 3. The summed E-state index contributed by atoms with van der Waals surface area (Å²) in [5.74, 6) is 2.21. The second-order valence-corrected chi connectivity index (χ2v) is 9.05. The SMILES string of the molecule is CCOc1ccc2ccccc2c1C(=O)Nc1cc(C)nn1-c1nc(-c2ccc3c(c2)OCO3)cs1. The number of anilines is 1. The Bertz CT molecular complexity index is 1610. The summed E-state index contributed by atoms with van der Waals surface area (Å²) in [6.45, 7) is 4.45. The molecule has 8 nitrogen and oxygen atoms in total. The van der Waals surface area contributed by atoms with Gasteiger partial charge in [-0.2, -0.15) is 9.78 Å². The van der Waals surface area contributed by atoms with E-state index in [2.05, 4.69) is 10.4 Å². The van der Waals surface area contributed by atoms with Crippen molar-refractivity contribution in [2.24, 2.45) is 0 Å². The minimum Gasteiger partial charge on any atom is -0.493 e. The predicted molar refractivity (Wildman–Crippen MR) is 139 cm³/mol. The van der Waals surface area contributed by atoms with Gasteiger partial charge in [0.1, 0.15) is 11.6 Å². The third-order valence-electron chi connectivity index (χ3n) is 5.83. The molecule has 0 aliphatic carbocycles. The molecule has 2 aromatic heterocycles. The first-order chi connectivity index (χ1) is 17.6. The summed E-state index contributed by atoms with van der Waals surface area (Å²) in [4.78, 5) is 18.4. The highest BCUT2D eigenvalue weighted by atomic mass is 32.1. The van der Waals surface area contributed by atoms with Gasteiger partial charge in [0.15, 0.2) is 11.5 Å². The van der Waals surface area contributed by atoms with E-state index in [1.807, 2.05) is 79.9 Å². The van der Waals surface area contributed by atoms with Gasteiger partial charge in [0.05, 0.1) is 23.6 Å². The van der Waals surface area contributed by atoms with Gasteiger partial charge in [-0.15, -0.1) is 11.3 Å². The standard InChI is InChI=1S/C27H22N4O4S/c1-3-33-22-11-8-17-6-4-5-7-19(17)25(22)26(32)29-24-12-16(2)30-31(24)27-28-20(14-36-27)18-9-10-21-23(13-18)35-15-34-21/h4-14H,3,15H2,1-2H3,(H,29,32). The van der Waals surface area contributed by atoms with Crippen LogP contribution in [0.5, 0.6) is 17.2 Å². The topological polar surface area (TPSA) is 87.5 Å². The van der Waals surface area contributed by atoms with E-state index in [0.29, 0.717) is 34.6 Å². The number of amides is 1. The first-order valence-electron chi connectivity index (χ1n) is 11.5. The van der Waals surface area contributed by atoms with Crippen LogP contribution in [-0.2, 0) is 0 Å². The maximum absolute atomic E-state index is 13.6. The fourth-order valence-corrected chi connectivity index (χ4v) is 5.02. The van der Waals surface area contributed by atoms with Crippen LogP contribution in [0, 0.1) is 6.92 Å². The molecule has 1 N–H and O–H groups in total. The third kappa shape index (κ3) is 3.93. The van der Waals surface area contributed by atoms with E-state index in [0.717, 1.165) is 33.5 Å². The number of aryl methyl sites for hydroxylation is 1. The number of hydrogen-bond donors (Lipinski definition) is 1. The lowest BCUT2D eigenvalue weighted by molar-refractivity contribution is 0.102. The number of carbonyl (C=O) groups is 1. The molecule has 5 aromatic rings. The Balaban J connectivity index is 1.34. The van der Waals surface area contributed by atoms with Crippen LogP contribution in [0.4, 0.5) is 5.82 Å². The van der Waals surface area contributed by atoms with Gasteiger partial charge in [-0.3, -0.25) is 4.79 Å². The Kier molecular flexibility index (Phi) is 5.54. The fourth-order valence-electron chi connectivity index (χ4n) is 4.22. The van der Waals surface area contributed by atoms with Crippen molar-refractivity contribution in [3.63, 3.8) is 0 Å². The number of nitrogens with one attached hydrogen (secondary N) is 1. The normalized spacial score (nSPS) is 12.2. The number of nitrogens with zero attached hydrogens (tertiary/aromatic N) is 3. The van der Waals surface area contributed by atoms with Gasteiger partial charge in [-0.25, -0.2) is 4.98 Å². The van der Waals surface area contributed by atoms with Crippen LogP contribution in [0.3, 0.4) is 0 Å². The number of carbonyl (C=O) groups excluding carboxylic acids is 1. The fraction of sp³-hybridized carbons (Fsp3) is 0.148. The Morgan fingerprint density at radius 1 is 1.11 bits per heavy atom. The Hall–Kier alpha value is -4.37. The highest BCUT2D eigenvalue weighted by Gasteiger charge is 2.21. The van der Waals surface area contributed by atoms with Gasteiger partial charge < -0.3 is 19.5 Å². The second kappa shape index (κ2) is 9.01. The third-order valence-corrected chi connectivity index (χ3v) is 6.65. The molecule has 6 rings (SSSR count). The summed E-state index contributed by atoms with van der Waals surface area (Å²) in [6.07, 6.45) is 0. The Labute approximate surface area is 211 Å². The molecule has 0 radical (unpaired) electrons. The zero-order valence-corrected chi connectivity index (χ0v) is 20.5. The summed E-state index contributed by atoms with van der Waals surface area (Å²) < 4.78 is 18.3. The molecule has 36 heavy (non-hydrogen) atoms. The van der Waals surface area contributed by atoms with E-state index in [1.165, 1.54) is 11.3 Å². The maximum Gasteiger partial charge on any atom is 0.261 e. The van der Waals surface area contributed by atoms with Crippen LogP contribution < -0.4 is 19.5 Å². The minimum absolute atomic E-state index is 0.221. The molecule has 0 spiro atoms. The first-order valence-corrected chi connectivity index (χ1v) is 12.4. The second-order valence-electron chi connectivity index (χ2n) is 8.21. The average Bonchev–Trinajstić information content (AvgIpc) is 3.63. The monoisotopic (exact) mass is 498 g/mol. The Morgan fingerprint density at radius 2 is 1.97 bits per heavy atom. The van der Waals surface area contributed by atoms with E-state index in [4.69, 9.17) is 19.2 Å². The molecule has 9 heteroatoms. The van der Waals surface area contributed by atoms with Crippen molar-refractivity contribution in [2.45, 2.75) is 13.8 Å². The molecule has 0 atom stereocenters. The van der Waals surface area contributed by atoms with E-state index in [-0.39, 0.29) is 12.7 Å². The molecular formula is C27H22N4O4S. The highest BCUT2D eigenvalue weighted by molar-refractivity contribution is 7.12. The molecule has 1 aliphatic heterocycles. The quantitative estimate of drug-likeness (QED) is 0.317. The molecule has 3 heterocycles. The summed E-state index contributed by atoms with van der Waals surface area (Å²) in [5, 5.41) is 12.0.